The number of ether oxygens (including phenoxy) is 1. The summed E-state index contributed by atoms with van der Waals surface area (Å²) in [6.45, 7) is 16.0. The van der Waals surface area contributed by atoms with Crippen molar-refractivity contribution in [3.8, 4) is 0 Å². The first-order valence-corrected chi connectivity index (χ1v) is 15.7. The number of carbonyl (C=O) groups excluding carboxylic acids is 1. The van der Waals surface area contributed by atoms with Gasteiger partial charge in [-0.25, -0.2) is 0 Å². The van der Waals surface area contributed by atoms with Gasteiger partial charge < -0.3 is 4.74 Å². The molecule has 0 saturated heterocycles. The third-order valence-electron chi connectivity index (χ3n) is 8.55. The molecule has 36 heavy (non-hydrogen) atoms. The molecule has 1 atom stereocenters. The van der Waals surface area contributed by atoms with Crippen LogP contribution in [0.2, 0.25) is 22.2 Å². The average molecular weight is 497 g/mol. The van der Waals surface area contributed by atoms with E-state index >= 15 is 0 Å². The molecule has 0 aromatic heterocycles. The molecule has 2 nitrogen and oxygen atoms in total. The Bertz CT molecular complexity index is 1240. The number of fused-ring (bicyclic) bond motifs is 2. The molecule has 0 fully saturated rings. The second-order valence-electron chi connectivity index (χ2n) is 11.1. The van der Waals surface area contributed by atoms with Crippen molar-refractivity contribution in [1.29, 1.82) is 0 Å². The summed E-state index contributed by atoms with van der Waals surface area (Å²) in [6, 6.07) is 29.4. The monoisotopic (exact) mass is 496 g/mol. The van der Waals surface area contributed by atoms with Gasteiger partial charge in [-0.05, 0) is 38.2 Å². The zero-order valence-corrected chi connectivity index (χ0v) is 23.8. The molecular weight excluding hydrogens is 456 g/mol. The Morgan fingerprint density at radius 2 is 0.972 bits per heavy atom. The van der Waals surface area contributed by atoms with Gasteiger partial charge in [0.25, 0.3) is 0 Å². The van der Waals surface area contributed by atoms with Gasteiger partial charge in [0.1, 0.15) is 0 Å². The highest BCUT2D eigenvalue weighted by atomic mass is 28.3. The number of hydrogen-bond donors (Lipinski definition) is 0. The smallest absolute Gasteiger partial charge is 0.306 e. The molecule has 0 aliphatic carbocycles. The summed E-state index contributed by atoms with van der Waals surface area (Å²) in [6.07, 6.45) is -0.477. The fourth-order valence-corrected chi connectivity index (χ4v) is 14.7. The highest BCUT2D eigenvalue weighted by Crippen LogP contribution is 2.50. The maximum Gasteiger partial charge on any atom is 0.306 e. The Balaban J connectivity index is 1.88. The highest BCUT2D eigenvalue weighted by Gasteiger charge is 2.50. The van der Waals surface area contributed by atoms with Crippen LogP contribution in [0.25, 0.3) is 21.5 Å². The summed E-state index contributed by atoms with van der Waals surface area (Å²) in [4.78, 5) is 14.1. The van der Waals surface area contributed by atoms with Gasteiger partial charge in [-0.3, -0.25) is 4.79 Å². The molecule has 0 aliphatic rings. The molecule has 0 bridgehead atoms. The number of esters is 1. The van der Waals surface area contributed by atoms with Gasteiger partial charge in [-0.15, -0.1) is 0 Å². The summed E-state index contributed by atoms with van der Waals surface area (Å²) in [5.41, 5.74) is 3.41. The minimum Gasteiger partial charge on any atom is -0.453 e. The lowest BCUT2D eigenvalue weighted by atomic mass is 9.92. The molecule has 188 valence electrons. The number of carbonyl (C=O) groups is 1. The van der Waals surface area contributed by atoms with Crippen LogP contribution in [-0.4, -0.2) is 14.0 Å². The van der Waals surface area contributed by atoms with Crippen molar-refractivity contribution < 1.29 is 9.53 Å². The Morgan fingerprint density at radius 3 is 1.39 bits per heavy atom. The normalized spacial score (nSPS) is 13.3. The summed E-state index contributed by atoms with van der Waals surface area (Å²) in [7, 11) is -2.04. The van der Waals surface area contributed by atoms with E-state index in [-0.39, 0.29) is 11.5 Å². The molecule has 4 rings (SSSR count). The average Bonchev–Trinajstić information content (AvgIpc) is 2.86. The van der Waals surface area contributed by atoms with Crippen LogP contribution in [-0.2, 0) is 9.53 Å². The first kappa shape index (κ1) is 26.2. The van der Waals surface area contributed by atoms with Gasteiger partial charge in [0, 0.05) is 16.7 Å². The second kappa shape index (κ2) is 10.6. The quantitative estimate of drug-likeness (QED) is 0.179. The van der Waals surface area contributed by atoms with Crippen LogP contribution in [0.4, 0.5) is 0 Å². The van der Waals surface area contributed by atoms with Crippen LogP contribution >= 0.6 is 0 Å². The molecular formula is C33H40O2Si. The summed E-state index contributed by atoms with van der Waals surface area (Å²) in [5.74, 6) is -0.0661. The number of hydrogen-bond acceptors (Lipinski definition) is 2. The molecule has 0 spiro atoms. The van der Waals surface area contributed by atoms with E-state index in [1.54, 1.807) is 0 Å². The largest absolute Gasteiger partial charge is 0.453 e. The first-order valence-electron chi connectivity index (χ1n) is 13.3. The van der Waals surface area contributed by atoms with E-state index in [4.69, 9.17) is 4.74 Å². The van der Waals surface area contributed by atoms with E-state index in [2.05, 4.69) is 133 Å². The standard InChI is InChI=1S/C33H40O2Si/c1-22(2)36(23(3)4,24(5)6)25(7)33(34)35-32(30-20-12-16-26-14-8-10-18-28(26)30)31-21-13-17-27-15-9-11-19-29(27)31/h8-25,32H,1-7H3. The Labute approximate surface area is 217 Å². The van der Waals surface area contributed by atoms with E-state index in [1.165, 1.54) is 0 Å². The van der Waals surface area contributed by atoms with Gasteiger partial charge in [0.05, 0.1) is 8.07 Å². The summed E-state index contributed by atoms with van der Waals surface area (Å²) < 4.78 is 6.65. The van der Waals surface area contributed by atoms with Gasteiger partial charge in [-0.1, -0.05) is 133 Å². The van der Waals surface area contributed by atoms with E-state index in [0.717, 1.165) is 32.7 Å². The van der Waals surface area contributed by atoms with Crippen LogP contribution in [0.5, 0.6) is 0 Å². The van der Waals surface area contributed by atoms with E-state index in [9.17, 15) is 4.79 Å². The fraction of sp³-hybridized carbons (Fsp3) is 0.364. The molecule has 1 unspecified atom stereocenters. The van der Waals surface area contributed by atoms with Crippen molar-refractivity contribution in [1.82, 2.24) is 0 Å². The van der Waals surface area contributed by atoms with E-state index < -0.39 is 14.2 Å². The minimum atomic E-state index is -2.04. The van der Waals surface area contributed by atoms with E-state index in [0.29, 0.717) is 16.6 Å². The van der Waals surface area contributed by atoms with Crippen molar-refractivity contribution in [3.05, 3.63) is 96.1 Å². The van der Waals surface area contributed by atoms with Crippen molar-refractivity contribution in [2.75, 3.05) is 0 Å². The second-order valence-corrected chi connectivity index (χ2v) is 17.5. The maximum absolute atomic E-state index is 14.1. The summed E-state index contributed by atoms with van der Waals surface area (Å²) in [5, 5.41) is 4.55. The van der Waals surface area contributed by atoms with Crippen molar-refractivity contribution in [2.45, 2.75) is 76.7 Å². The Kier molecular flexibility index (Phi) is 7.70. The summed E-state index contributed by atoms with van der Waals surface area (Å²) >= 11 is 0. The predicted molar refractivity (Wildman–Crippen MR) is 156 cm³/mol. The lowest BCUT2D eigenvalue weighted by Gasteiger charge is -2.46. The zero-order valence-electron chi connectivity index (χ0n) is 22.8. The zero-order chi connectivity index (χ0) is 26.0. The molecule has 0 heterocycles. The molecule has 3 heteroatoms. The fourth-order valence-electron chi connectivity index (χ4n) is 7.18. The van der Waals surface area contributed by atoms with Crippen LogP contribution < -0.4 is 0 Å². The topological polar surface area (TPSA) is 26.3 Å². The van der Waals surface area contributed by atoms with Crippen molar-refractivity contribution in [3.63, 3.8) is 0 Å². The molecule has 0 aliphatic heterocycles. The van der Waals surface area contributed by atoms with Gasteiger partial charge in [0.2, 0.25) is 0 Å². The van der Waals surface area contributed by atoms with Crippen LogP contribution in [0.15, 0.2) is 84.9 Å². The van der Waals surface area contributed by atoms with Gasteiger partial charge in [0.15, 0.2) is 6.10 Å². The third kappa shape index (κ3) is 4.50. The van der Waals surface area contributed by atoms with Crippen LogP contribution in [0.1, 0.15) is 65.7 Å². The van der Waals surface area contributed by atoms with Crippen LogP contribution in [0, 0.1) is 0 Å². The highest BCUT2D eigenvalue weighted by molar-refractivity contribution is 6.87. The van der Waals surface area contributed by atoms with Crippen molar-refractivity contribution in [2.24, 2.45) is 0 Å². The van der Waals surface area contributed by atoms with Crippen LogP contribution in [0.3, 0.4) is 0 Å². The maximum atomic E-state index is 14.1. The molecule has 0 N–H and O–H groups in total. The SMILES string of the molecule is CC(C)[Si](C(C)C)(C(C)C)C(C)C(=O)OC(c1cccc2ccccc12)c1cccc2ccccc12. The molecule has 0 amide bonds. The predicted octanol–water partition coefficient (Wildman–Crippen LogP) is 9.69. The van der Waals surface area contributed by atoms with Crippen molar-refractivity contribution >= 4 is 35.6 Å². The lowest BCUT2D eigenvalue weighted by molar-refractivity contribution is -0.147. The lowest BCUT2D eigenvalue weighted by Crippen LogP contribution is -2.51. The Morgan fingerprint density at radius 1 is 0.583 bits per heavy atom. The number of rotatable bonds is 8. The molecule has 4 aromatic carbocycles. The Hall–Kier alpha value is -2.91. The molecule has 0 radical (unpaired) electrons. The number of benzene rings is 4. The van der Waals surface area contributed by atoms with E-state index in [1.807, 2.05) is 0 Å². The molecule has 0 saturated carbocycles. The first-order chi connectivity index (χ1) is 17.2. The van der Waals surface area contributed by atoms with Gasteiger partial charge >= 0.3 is 5.97 Å². The minimum absolute atomic E-state index is 0.0661. The molecule has 4 aromatic rings. The van der Waals surface area contributed by atoms with Gasteiger partial charge in [-0.2, -0.15) is 0 Å². The third-order valence-corrected chi connectivity index (χ3v) is 16.3.